The molecule has 0 aliphatic rings. The van der Waals surface area contributed by atoms with Crippen molar-refractivity contribution in [3.63, 3.8) is 0 Å². The number of esters is 1. The zero-order chi connectivity index (χ0) is 15.1. The van der Waals surface area contributed by atoms with Crippen LogP contribution in [-0.4, -0.2) is 24.3 Å². The third kappa shape index (κ3) is 12.2. The van der Waals surface area contributed by atoms with Gasteiger partial charge in [0.1, 0.15) is 0 Å². The lowest BCUT2D eigenvalue weighted by molar-refractivity contribution is -0.150. The molecular weight excluding hydrogens is 252 g/mol. The van der Waals surface area contributed by atoms with E-state index in [1.807, 2.05) is 0 Å². The second-order valence-corrected chi connectivity index (χ2v) is 5.35. The second-order valence-electron chi connectivity index (χ2n) is 5.35. The van der Waals surface area contributed by atoms with Gasteiger partial charge in [-0.15, -0.1) is 0 Å². The predicted molar refractivity (Wildman–Crippen MR) is 83.6 cm³/mol. The highest BCUT2D eigenvalue weighted by Gasteiger charge is 2.13. The summed E-state index contributed by atoms with van der Waals surface area (Å²) < 4.78 is 4.47. The molecule has 1 unspecified atom stereocenters. The summed E-state index contributed by atoms with van der Waals surface area (Å²) in [5.74, 6) is -0.518. The van der Waals surface area contributed by atoms with E-state index in [0.29, 0.717) is 6.42 Å². The Kier molecular flexibility index (Phi) is 14.0. The zero-order valence-corrected chi connectivity index (χ0v) is 13.3. The first-order valence-electron chi connectivity index (χ1n) is 8.13. The minimum Gasteiger partial charge on any atom is -0.467 e. The molecule has 1 atom stereocenters. The molecule has 118 valence electrons. The van der Waals surface area contributed by atoms with E-state index in [1.165, 1.54) is 45.6 Å². The van der Waals surface area contributed by atoms with Gasteiger partial charge in [0.25, 0.3) is 0 Å². The number of ether oxygens (including phenoxy) is 1. The molecule has 0 amide bonds. The molecule has 0 aliphatic heterocycles. The number of hydrogen-bond acceptors (Lipinski definition) is 3. The fourth-order valence-electron chi connectivity index (χ4n) is 2.13. The summed E-state index contributed by atoms with van der Waals surface area (Å²) in [7, 11) is 1.31. The SMILES string of the molecule is CCCCCC/C=C/CCCCCCC(O)C(=O)OC. The van der Waals surface area contributed by atoms with Crippen molar-refractivity contribution in [2.75, 3.05) is 7.11 Å². The molecule has 3 nitrogen and oxygen atoms in total. The van der Waals surface area contributed by atoms with Crippen molar-refractivity contribution < 1.29 is 14.6 Å². The minimum absolute atomic E-state index is 0.514. The lowest BCUT2D eigenvalue weighted by Gasteiger charge is -2.07. The number of carbonyl (C=O) groups excluding carboxylic acids is 1. The number of aliphatic hydroxyl groups excluding tert-OH is 1. The van der Waals surface area contributed by atoms with Crippen molar-refractivity contribution in [1.82, 2.24) is 0 Å². The van der Waals surface area contributed by atoms with Crippen LogP contribution >= 0.6 is 0 Å². The number of methoxy groups -OCH3 is 1. The molecule has 0 fully saturated rings. The molecule has 0 rings (SSSR count). The summed E-state index contributed by atoms with van der Waals surface area (Å²) >= 11 is 0. The number of hydrogen-bond donors (Lipinski definition) is 1. The van der Waals surface area contributed by atoms with Crippen molar-refractivity contribution in [3.05, 3.63) is 12.2 Å². The van der Waals surface area contributed by atoms with Gasteiger partial charge in [0.2, 0.25) is 0 Å². The summed E-state index contributed by atoms with van der Waals surface area (Å²) in [5.41, 5.74) is 0. The Morgan fingerprint density at radius 2 is 1.55 bits per heavy atom. The second kappa shape index (κ2) is 14.6. The predicted octanol–water partition coefficient (Wildman–Crippen LogP) is 4.39. The number of aliphatic hydroxyl groups is 1. The van der Waals surface area contributed by atoms with Crippen LogP contribution in [0.1, 0.15) is 77.6 Å². The quantitative estimate of drug-likeness (QED) is 0.310. The maximum atomic E-state index is 11.0. The Labute approximate surface area is 124 Å². The highest BCUT2D eigenvalue weighted by molar-refractivity contribution is 5.74. The molecule has 0 spiro atoms. The maximum absolute atomic E-state index is 11.0. The summed E-state index contributed by atoms with van der Waals surface area (Å²) in [6.45, 7) is 2.24. The highest BCUT2D eigenvalue weighted by atomic mass is 16.5. The fraction of sp³-hybridized carbons (Fsp3) is 0.824. The third-order valence-electron chi connectivity index (χ3n) is 3.46. The Morgan fingerprint density at radius 3 is 2.10 bits per heavy atom. The molecule has 0 heterocycles. The van der Waals surface area contributed by atoms with Crippen molar-refractivity contribution in [3.8, 4) is 0 Å². The van der Waals surface area contributed by atoms with E-state index < -0.39 is 12.1 Å². The topological polar surface area (TPSA) is 46.5 Å². The van der Waals surface area contributed by atoms with Crippen LogP contribution in [0, 0.1) is 0 Å². The Balaban J connectivity index is 3.24. The van der Waals surface area contributed by atoms with Gasteiger partial charge < -0.3 is 9.84 Å². The standard InChI is InChI=1S/C17H32O3/c1-3-4-5-6-7-8-9-10-11-12-13-14-15-16(18)17(19)20-2/h8-9,16,18H,3-7,10-15H2,1-2H3/b9-8+. The number of unbranched alkanes of at least 4 members (excludes halogenated alkanes) is 8. The number of carbonyl (C=O) groups is 1. The van der Waals surface area contributed by atoms with E-state index >= 15 is 0 Å². The smallest absolute Gasteiger partial charge is 0.334 e. The average Bonchev–Trinajstić information content (AvgIpc) is 2.47. The largest absolute Gasteiger partial charge is 0.467 e. The monoisotopic (exact) mass is 284 g/mol. The molecule has 20 heavy (non-hydrogen) atoms. The van der Waals surface area contributed by atoms with E-state index in [0.717, 1.165) is 25.7 Å². The molecule has 0 aromatic heterocycles. The van der Waals surface area contributed by atoms with E-state index in [4.69, 9.17) is 0 Å². The lowest BCUT2D eigenvalue weighted by atomic mass is 10.1. The molecule has 0 aliphatic carbocycles. The van der Waals surface area contributed by atoms with Crippen LogP contribution in [0.15, 0.2) is 12.2 Å². The normalized spacial score (nSPS) is 12.8. The zero-order valence-electron chi connectivity index (χ0n) is 13.3. The van der Waals surface area contributed by atoms with Crippen molar-refractivity contribution in [2.45, 2.75) is 83.7 Å². The summed E-state index contributed by atoms with van der Waals surface area (Å²) in [6.07, 6.45) is 16.1. The van der Waals surface area contributed by atoms with E-state index in [-0.39, 0.29) is 0 Å². The summed E-state index contributed by atoms with van der Waals surface area (Å²) in [5, 5.41) is 9.39. The van der Waals surface area contributed by atoms with Gasteiger partial charge in [-0.1, -0.05) is 57.6 Å². The third-order valence-corrected chi connectivity index (χ3v) is 3.46. The van der Waals surface area contributed by atoms with E-state index in [9.17, 15) is 9.90 Å². The van der Waals surface area contributed by atoms with Crippen LogP contribution in [0.3, 0.4) is 0 Å². The van der Waals surface area contributed by atoms with Gasteiger partial charge >= 0.3 is 5.97 Å². The van der Waals surface area contributed by atoms with Gasteiger partial charge in [-0.3, -0.25) is 0 Å². The van der Waals surface area contributed by atoms with Crippen LogP contribution in [0.4, 0.5) is 0 Å². The first-order valence-corrected chi connectivity index (χ1v) is 8.13. The van der Waals surface area contributed by atoms with Crippen LogP contribution in [0.25, 0.3) is 0 Å². The maximum Gasteiger partial charge on any atom is 0.334 e. The van der Waals surface area contributed by atoms with Crippen molar-refractivity contribution >= 4 is 5.97 Å². The molecule has 0 aromatic carbocycles. The fourth-order valence-corrected chi connectivity index (χ4v) is 2.13. The van der Waals surface area contributed by atoms with Crippen molar-refractivity contribution in [1.29, 1.82) is 0 Å². The lowest BCUT2D eigenvalue weighted by Crippen LogP contribution is -2.21. The molecule has 3 heteroatoms. The highest BCUT2D eigenvalue weighted by Crippen LogP contribution is 2.09. The van der Waals surface area contributed by atoms with Gasteiger partial charge in [-0.2, -0.15) is 0 Å². The molecule has 1 N–H and O–H groups in total. The van der Waals surface area contributed by atoms with Crippen LogP contribution in [-0.2, 0) is 9.53 Å². The van der Waals surface area contributed by atoms with Crippen LogP contribution in [0.2, 0.25) is 0 Å². The Hall–Kier alpha value is -0.830. The van der Waals surface area contributed by atoms with Gasteiger partial charge in [0.15, 0.2) is 6.10 Å². The summed E-state index contributed by atoms with van der Waals surface area (Å²) in [4.78, 5) is 11.0. The number of allylic oxidation sites excluding steroid dienone is 2. The molecule has 0 saturated heterocycles. The van der Waals surface area contributed by atoms with Gasteiger partial charge in [-0.05, 0) is 32.1 Å². The molecule has 0 saturated carbocycles. The van der Waals surface area contributed by atoms with E-state index in [1.54, 1.807) is 0 Å². The molecule has 0 bridgehead atoms. The number of rotatable bonds is 13. The molecule has 0 aromatic rings. The van der Waals surface area contributed by atoms with Gasteiger partial charge in [0.05, 0.1) is 7.11 Å². The van der Waals surface area contributed by atoms with Crippen LogP contribution < -0.4 is 0 Å². The first kappa shape index (κ1) is 19.2. The van der Waals surface area contributed by atoms with Gasteiger partial charge in [0, 0.05) is 0 Å². The first-order chi connectivity index (χ1) is 9.72. The molecular formula is C17H32O3. The van der Waals surface area contributed by atoms with Crippen molar-refractivity contribution in [2.24, 2.45) is 0 Å². The average molecular weight is 284 g/mol. The Bertz CT molecular complexity index is 249. The Morgan fingerprint density at radius 1 is 1.00 bits per heavy atom. The van der Waals surface area contributed by atoms with Gasteiger partial charge in [-0.25, -0.2) is 4.79 Å². The van der Waals surface area contributed by atoms with Crippen LogP contribution in [0.5, 0.6) is 0 Å². The van der Waals surface area contributed by atoms with E-state index in [2.05, 4.69) is 23.8 Å². The minimum atomic E-state index is -0.942. The summed E-state index contributed by atoms with van der Waals surface area (Å²) in [6, 6.07) is 0. The molecule has 0 radical (unpaired) electrons.